The van der Waals surface area contributed by atoms with Crippen LogP contribution in [0.1, 0.15) is 18.5 Å². The Morgan fingerprint density at radius 3 is 2.64 bits per heavy atom. The molecule has 7 heteroatoms. The summed E-state index contributed by atoms with van der Waals surface area (Å²) >= 11 is 0. The van der Waals surface area contributed by atoms with Gasteiger partial charge in [0.1, 0.15) is 12.4 Å². The normalized spacial score (nSPS) is 12.0. The molecule has 2 aromatic rings. The number of carbonyl (C=O) groups is 1. The molecular weight excluding hydrogens is 289 g/mol. The molecule has 0 saturated carbocycles. The van der Waals surface area contributed by atoms with Crippen molar-refractivity contribution in [3.63, 3.8) is 0 Å². The van der Waals surface area contributed by atoms with Gasteiger partial charge in [-0.15, -0.1) is 0 Å². The van der Waals surface area contributed by atoms with Crippen molar-refractivity contribution in [2.24, 2.45) is 7.05 Å². The lowest BCUT2D eigenvalue weighted by Gasteiger charge is -2.15. The van der Waals surface area contributed by atoms with E-state index >= 15 is 0 Å². The van der Waals surface area contributed by atoms with E-state index in [1.807, 2.05) is 0 Å². The molecule has 1 aromatic carbocycles. The van der Waals surface area contributed by atoms with Crippen LogP contribution in [0.5, 0.6) is 0 Å². The molecule has 2 rings (SSSR count). The second kappa shape index (κ2) is 6.38. The first kappa shape index (κ1) is 15.7. The Morgan fingerprint density at radius 2 is 1.95 bits per heavy atom. The molecule has 0 aliphatic rings. The zero-order chi connectivity index (χ0) is 16.3. The molecule has 22 heavy (non-hydrogen) atoms. The Kier molecular flexibility index (Phi) is 4.55. The van der Waals surface area contributed by atoms with Gasteiger partial charge < -0.3 is 5.32 Å². The van der Waals surface area contributed by atoms with E-state index in [0.717, 1.165) is 9.13 Å². The van der Waals surface area contributed by atoms with Gasteiger partial charge in [-0.25, -0.2) is 9.18 Å². The molecular formula is C15H16FN3O3. The molecule has 0 spiro atoms. The average molecular weight is 305 g/mol. The minimum Gasteiger partial charge on any atom is -0.348 e. The fraction of sp³-hybridized carbons (Fsp3) is 0.267. The second-order valence-electron chi connectivity index (χ2n) is 4.93. The topological polar surface area (TPSA) is 73.1 Å². The maximum absolute atomic E-state index is 13.6. The number of rotatable bonds is 4. The van der Waals surface area contributed by atoms with Gasteiger partial charge in [-0.1, -0.05) is 18.2 Å². The van der Waals surface area contributed by atoms with Crippen molar-refractivity contribution >= 4 is 5.91 Å². The summed E-state index contributed by atoms with van der Waals surface area (Å²) in [6, 6.07) is 6.82. The Bertz CT molecular complexity index is 810. The number of carbonyl (C=O) groups excluding carboxylic acids is 1. The third-order valence-electron chi connectivity index (χ3n) is 3.32. The van der Waals surface area contributed by atoms with Gasteiger partial charge in [-0.3, -0.25) is 18.7 Å². The highest BCUT2D eigenvalue weighted by atomic mass is 19.1. The fourth-order valence-electron chi connectivity index (χ4n) is 2.08. The van der Waals surface area contributed by atoms with Crippen molar-refractivity contribution < 1.29 is 9.18 Å². The zero-order valence-corrected chi connectivity index (χ0v) is 12.2. The summed E-state index contributed by atoms with van der Waals surface area (Å²) in [4.78, 5) is 35.1. The molecule has 1 atom stereocenters. The highest BCUT2D eigenvalue weighted by Gasteiger charge is 2.14. The second-order valence-corrected chi connectivity index (χ2v) is 4.93. The summed E-state index contributed by atoms with van der Waals surface area (Å²) < 4.78 is 15.7. The molecule has 6 nitrogen and oxygen atoms in total. The van der Waals surface area contributed by atoms with Gasteiger partial charge in [-0.05, 0) is 13.0 Å². The van der Waals surface area contributed by atoms with Crippen molar-refractivity contribution in [3.05, 3.63) is 68.7 Å². The summed E-state index contributed by atoms with van der Waals surface area (Å²) in [5, 5.41) is 2.62. The van der Waals surface area contributed by atoms with Crippen LogP contribution in [0.25, 0.3) is 0 Å². The number of hydrogen-bond acceptors (Lipinski definition) is 3. The van der Waals surface area contributed by atoms with Gasteiger partial charge in [0.05, 0.1) is 6.04 Å². The summed E-state index contributed by atoms with van der Waals surface area (Å²) in [7, 11) is 1.33. The van der Waals surface area contributed by atoms with Crippen LogP contribution in [-0.2, 0) is 18.4 Å². The summed E-state index contributed by atoms with van der Waals surface area (Å²) in [6.45, 7) is 1.41. The van der Waals surface area contributed by atoms with E-state index in [1.165, 1.54) is 25.4 Å². The van der Waals surface area contributed by atoms with E-state index in [9.17, 15) is 18.8 Å². The molecule has 1 amide bonds. The van der Waals surface area contributed by atoms with Gasteiger partial charge in [-0.2, -0.15) is 0 Å². The van der Waals surface area contributed by atoms with E-state index in [1.54, 1.807) is 25.1 Å². The summed E-state index contributed by atoms with van der Waals surface area (Å²) in [6.07, 6.45) is 1.26. The molecule has 0 aliphatic heterocycles. The number of aromatic nitrogens is 2. The van der Waals surface area contributed by atoms with Gasteiger partial charge in [0.2, 0.25) is 5.91 Å². The molecule has 0 aliphatic carbocycles. The Balaban J connectivity index is 2.11. The lowest BCUT2D eigenvalue weighted by Crippen LogP contribution is -2.40. The highest BCUT2D eigenvalue weighted by molar-refractivity contribution is 5.76. The SMILES string of the molecule is C[C@H](NC(=O)Cn1ccc(=O)n(C)c1=O)c1ccccc1F. The summed E-state index contributed by atoms with van der Waals surface area (Å²) in [5.74, 6) is -0.855. The van der Waals surface area contributed by atoms with Crippen molar-refractivity contribution in [2.75, 3.05) is 0 Å². The van der Waals surface area contributed by atoms with Crippen molar-refractivity contribution in [1.29, 1.82) is 0 Å². The Hall–Kier alpha value is -2.70. The van der Waals surface area contributed by atoms with E-state index in [2.05, 4.69) is 5.32 Å². The largest absolute Gasteiger partial charge is 0.348 e. The first-order valence-corrected chi connectivity index (χ1v) is 6.70. The number of hydrogen-bond donors (Lipinski definition) is 1. The van der Waals surface area contributed by atoms with Crippen LogP contribution in [0.3, 0.4) is 0 Å². The molecule has 0 bridgehead atoms. The molecule has 1 N–H and O–H groups in total. The van der Waals surface area contributed by atoms with E-state index in [-0.39, 0.29) is 6.54 Å². The number of benzene rings is 1. The lowest BCUT2D eigenvalue weighted by atomic mass is 10.1. The monoisotopic (exact) mass is 305 g/mol. The van der Waals surface area contributed by atoms with Crippen LogP contribution in [0.15, 0.2) is 46.1 Å². The number of amides is 1. The van der Waals surface area contributed by atoms with Crippen LogP contribution in [0.4, 0.5) is 4.39 Å². The van der Waals surface area contributed by atoms with E-state index < -0.39 is 29.0 Å². The third kappa shape index (κ3) is 3.30. The van der Waals surface area contributed by atoms with Crippen LogP contribution in [-0.4, -0.2) is 15.0 Å². The number of halogens is 1. The van der Waals surface area contributed by atoms with Gasteiger partial charge >= 0.3 is 5.69 Å². The van der Waals surface area contributed by atoms with Gasteiger partial charge in [0.25, 0.3) is 5.56 Å². The third-order valence-corrected chi connectivity index (χ3v) is 3.32. The van der Waals surface area contributed by atoms with Crippen LogP contribution < -0.4 is 16.6 Å². The van der Waals surface area contributed by atoms with Gasteiger partial charge in [0, 0.05) is 24.9 Å². The first-order chi connectivity index (χ1) is 10.4. The van der Waals surface area contributed by atoms with E-state index in [0.29, 0.717) is 5.56 Å². The lowest BCUT2D eigenvalue weighted by molar-refractivity contribution is -0.122. The van der Waals surface area contributed by atoms with Crippen molar-refractivity contribution in [2.45, 2.75) is 19.5 Å². The van der Waals surface area contributed by atoms with E-state index in [4.69, 9.17) is 0 Å². The number of nitrogens with zero attached hydrogens (tertiary/aromatic N) is 2. The highest BCUT2D eigenvalue weighted by Crippen LogP contribution is 2.15. The van der Waals surface area contributed by atoms with Crippen LogP contribution in [0.2, 0.25) is 0 Å². The molecule has 0 saturated heterocycles. The minimum absolute atomic E-state index is 0.244. The smallest absolute Gasteiger partial charge is 0.331 e. The average Bonchev–Trinajstić information content (AvgIpc) is 2.48. The molecule has 1 aromatic heterocycles. The Labute approximate surface area is 125 Å². The molecule has 1 heterocycles. The zero-order valence-electron chi connectivity index (χ0n) is 12.2. The molecule has 0 radical (unpaired) electrons. The summed E-state index contributed by atoms with van der Waals surface area (Å²) in [5.41, 5.74) is -0.661. The molecule has 0 unspecified atom stereocenters. The van der Waals surface area contributed by atoms with Crippen LogP contribution in [0, 0.1) is 5.82 Å². The van der Waals surface area contributed by atoms with Gasteiger partial charge in [0.15, 0.2) is 0 Å². The van der Waals surface area contributed by atoms with Crippen molar-refractivity contribution in [3.8, 4) is 0 Å². The maximum atomic E-state index is 13.6. The standard InChI is InChI=1S/C15H16FN3O3/c1-10(11-5-3-4-6-12(11)16)17-13(20)9-19-8-7-14(21)18(2)15(19)22/h3-8,10H,9H2,1-2H3,(H,17,20)/t10-/m0/s1. The van der Waals surface area contributed by atoms with Crippen molar-refractivity contribution in [1.82, 2.24) is 14.5 Å². The molecule has 0 fully saturated rings. The maximum Gasteiger partial charge on any atom is 0.331 e. The predicted octanol–water partition coefficient (Wildman–Crippen LogP) is 0.564. The first-order valence-electron chi connectivity index (χ1n) is 6.70. The minimum atomic E-state index is -0.582. The Morgan fingerprint density at radius 1 is 1.27 bits per heavy atom. The quantitative estimate of drug-likeness (QED) is 0.897. The number of nitrogens with one attached hydrogen (secondary N) is 1. The van der Waals surface area contributed by atoms with Crippen LogP contribution >= 0.6 is 0 Å². The predicted molar refractivity (Wildman–Crippen MR) is 78.9 cm³/mol. The fourth-order valence-corrected chi connectivity index (χ4v) is 2.08. The molecule has 116 valence electrons.